The summed E-state index contributed by atoms with van der Waals surface area (Å²) in [6.07, 6.45) is 8.48. The molecule has 5 rings (SSSR count). The first-order valence-corrected chi connectivity index (χ1v) is 12.5. The first-order valence-electron chi connectivity index (χ1n) is 10.2. The number of hydrogen-bond acceptors (Lipinski definition) is 7. The van der Waals surface area contributed by atoms with Gasteiger partial charge >= 0.3 is 5.69 Å². The second kappa shape index (κ2) is 7.31. The Morgan fingerprint density at radius 3 is 2.74 bits per heavy atom. The van der Waals surface area contributed by atoms with Crippen LogP contribution in [0.15, 0.2) is 35.6 Å². The van der Waals surface area contributed by atoms with Gasteiger partial charge < -0.3 is 9.87 Å². The third-order valence-electron chi connectivity index (χ3n) is 6.08. The summed E-state index contributed by atoms with van der Waals surface area (Å²) in [5, 5.41) is 4.21. The van der Waals surface area contributed by atoms with E-state index >= 15 is 0 Å². The highest BCUT2D eigenvalue weighted by Gasteiger charge is 2.29. The Morgan fingerprint density at radius 1 is 1.19 bits per heavy atom. The fourth-order valence-corrected chi connectivity index (χ4v) is 5.96. The number of rotatable bonds is 3. The number of aromatic nitrogens is 6. The van der Waals surface area contributed by atoms with Crippen molar-refractivity contribution in [2.24, 2.45) is 7.05 Å². The van der Waals surface area contributed by atoms with Gasteiger partial charge in [0, 0.05) is 41.9 Å². The van der Waals surface area contributed by atoms with Crippen molar-refractivity contribution in [3.63, 3.8) is 0 Å². The van der Waals surface area contributed by atoms with Crippen LogP contribution in [-0.2, 0) is 7.05 Å². The molecular formula is C21H25N7O2S. The molecule has 9 nitrogen and oxygen atoms in total. The summed E-state index contributed by atoms with van der Waals surface area (Å²) in [5.74, 6) is 1.92. The molecule has 2 N–H and O–H groups in total. The number of nitrogens with zero attached hydrogens (tertiary/aromatic N) is 6. The minimum atomic E-state index is -1.53. The smallest absolute Gasteiger partial charge is 0.330 e. The highest BCUT2D eigenvalue weighted by atomic mass is 32.3. The van der Waals surface area contributed by atoms with Gasteiger partial charge in [-0.3, -0.25) is 9.13 Å². The van der Waals surface area contributed by atoms with Crippen molar-refractivity contribution in [2.45, 2.75) is 25.8 Å². The molecule has 0 bridgehead atoms. The summed E-state index contributed by atoms with van der Waals surface area (Å²) in [6, 6.07) is 4.00. The second-order valence-corrected chi connectivity index (χ2v) is 11.6. The molecule has 1 aliphatic rings. The molecule has 0 amide bonds. The summed E-state index contributed by atoms with van der Waals surface area (Å²) in [7, 11) is 0.213. The van der Waals surface area contributed by atoms with E-state index in [2.05, 4.69) is 20.3 Å². The van der Waals surface area contributed by atoms with E-state index in [9.17, 15) is 9.35 Å². The van der Waals surface area contributed by atoms with E-state index in [0.717, 1.165) is 46.5 Å². The topological polar surface area (TPSA) is 111 Å². The van der Waals surface area contributed by atoms with Gasteiger partial charge in [0.15, 0.2) is 5.65 Å². The van der Waals surface area contributed by atoms with Gasteiger partial charge in [0.1, 0.15) is 11.8 Å². The minimum absolute atomic E-state index is 0.0335. The number of hydrogen-bond donors (Lipinski definition) is 2. The van der Waals surface area contributed by atoms with Crippen molar-refractivity contribution >= 4 is 44.0 Å². The lowest BCUT2D eigenvalue weighted by molar-refractivity contribution is 0.444. The number of imidazole rings is 1. The van der Waals surface area contributed by atoms with Gasteiger partial charge in [-0.05, 0) is 43.7 Å². The summed E-state index contributed by atoms with van der Waals surface area (Å²) >= 11 is 0. The molecular weight excluding hydrogens is 414 g/mol. The van der Waals surface area contributed by atoms with E-state index in [-0.39, 0.29) is 11.7 Å². The average Bonchev–Trinajstić information content (AvgIpc) is 2.99. The highest BCUT2D eigenvalue weighted by molar-refractivity contribution is 8.28. The van der Waals surface area contributed by atoms with Crippen molar-refractivity contribution in [3.05, 3.63) is 46.9 Å². The third kappa shape index (κ3) is 3.55. The van der Waals surface area contributed by atoms with Crippen LogP contribution in [-0.4, -0.2) is 51.4 Å². The summed E-state index contributed by atoms with van der Waals surface area (Å²) in [4.78, 5) is 30.5. The fraction of sp³-hybridized carbons (Fsp3) is 0.381. The quantitative estimate of drug-likeness (QED) is 0.503. The molecule has 3 aromatic heterocycles. The molecule has 1 saturated heterocycles. The standard InChI is InChI=1S/C21H25N7O2S/c1-13-8-17-14(10-22-12-24-17)9-16(13)25-20-23-11-18-19(26-20)28(21(29)27(18)2)15-4-6-31(3,30)7-5-15/h8-12,15,30H,4-7H2,1-3H3,(H,23,25,26). The van der Waals surface area contributed by atoms with Crippen LogP contribution in [0.2, 0.25) is 0 Å². The van der Waals surface area contributed by atoms with Gasteiger partial charge in [-0.1, -0.05) is 0 Å². The van der Waals surface area contributed by atoms with Crippen molar-refractivity contribution in [1.29, 1.82) is 0 Å². The van der Waals surface area contributed by atoms with Gasteiger partial charge in [-0.25, -0.2) is 19.7 Å². The van der Waals surface area contributed by atoms with Crippen LogP contribution in [0.4, 0.5) is 11.6 Å². The van der Waals surface area contributed by atoms with E-state index in [0.29, 0.717) is 17.1 Å². The van der Waals surface area contributed by atoms with Gasteiger partial charge in [-0.15, -0.1) is 10.3 Å². The Balaban J connectivity index is 1.54. The van der Waals surface area contributed by atoms with Crippen LogP contribution in [0.25, 0.3) is 22.1 Å². The maximum atomic E-state index is 13.0. The van der Waals surface area contributed by atoms with Crippen molar-refractivity contribution in [3.8, 4) is 0 Å². The summed E-state index contributed by atoms with van der Waals surface area (Å²) in [5.41, 5.74) is 3.97. The Bertz CT molecular complexity index is 1350. The van der Waals surface area contributed by atoms with Gasteiger partial charge in [0.2, 0.25) is 5.95 Å². The monoisotopic (exact) mass is 439 g/mol. The van der Waals surface area contributed by atoms with Crippen molar-refractivity contribution in [2.75, 3.05) is 23.1 Å². The average molecular weight is 440 g/mol. The summed E-state index contributed by atoms with van der Waals surface area (Å²) in [6.45, 7) is 2.00. The molecule has 1 fully saturated rings. The van der Waals surface area contributed by atoms with Crippen molar-refractivity contribution in [1.82, 2.24) is 29.1 Å². The second-order valence-electron chi connectivity index (χ2n) is 8.35. The first-order chi connectivity index (χ1) is 14.8. The predicted molar refractivity (Wildman–Crippen MR) is 124 cm³/mol. The fourth-order valence-electron chi connectivity index (χ4n) is 4.20. The van der Waals surface area contributed by atoms with E-state index in [4.69, 9.17) is 4.98 Å². The van der Waals surface area contributed by atoms with E-state index in [1.807, 2.05) is 25.3 Å². The number of aryl methyl sites for hydroxylation is 2. The lowest BCUT2D eigenvalue weighted by Crippen LogP contribution is -2.31. The van der Waals surface area contributed by atoms with E-state index in [1.165, 1.54) is 6.33 Å². The molecule has 0 radical (unpaired) electrons. The molecule has 162 valence electrons. The number of anilines is 2. The molecule has 1 aromatic carbocycles. The zero-order valence-electron chi connectivity index (χ0n) is 17.7. The molecule has 0 spiro atoms. The maximum absolute atomic E-state index is 13.0. The van der Waals surface area contributed by atoms with Crippen LogP contribution in [0.3, 0.4) is 0 Å². The molecule has 0 aliphatic carbocycles. The lowest BCUT2D eigenvalue weighted by atomic mass is 10.1. The van der Waals surface area contributed by atoms with Crippen LogP contribution >= 0.6 is 10.3 Å². The largest absolute Gasteiger partial charge is 0.352 e. The van der Waals surface area contributed by atoms with Crippen molar-refractivity contribution < 1.29 is 4.55 Å². The normalized spacial score (nSPS) is 23.7. The molecule has 0 saturated carbocycles. The molecule has 10 heteroatoms. The molecule has 0 unspecified atom stereocenters. The maximum Gasteiger partial charge on any atom is 0.330 e. The van der Waals surface area contributed by atoms with Crippen LogP contribution in [0.1, 0.15) is 24.4 Å². The SMILES string of the molecule is Cc1cc2ncncc2cc1Nc1ncc2c(n1)n(C1CCS(C)(O)CC1)c(=O)n2C. The van der Waals surface area contributed by atoms with Crippen LogP contribution in [0, 0.1) is 6.92 Å². The van der Waals surface area contributed by atoms with Crippen LogP contribution in [0.5, 0.6) is 0 Å². The van der Waals surface area contributed by atoms with Gasteiger partial charge in [0.05, 0.1) is 11.7 Å². The Hall–Kier alpha value is -2.98. The minimum Gasteiger partial charge on any atom is -0.352 e. The summed E-state index contributed by atoms with van der Waals surface area (Å²) < 4.78 is 13.8. The zero-order valence-corrected chi connectivity index (χ0v) is 18.6. The molecule has 0 atom stereocenters. The predicted octanol–water partition coefficient (Wildman–Crippen LogP) is 3.37. The number of fused-ring (bicyclic) bond motifs is 2. The zero-order chi connectivity index (χ0) is 21.8. The molecule has 31 heavy (non-hydrogen) atoms. The number of nitrogens with one attached hydrogen (secondary N) is 1. The molecule has 1 aliphatic heterocycles. The Kier molecular flexibility index (Phi) is 4.71. The highest BCUT2D eigenvalue weighted by Crippen LogP contribution is 2.47. The van der Waals surface area contributed by atoms with E-state index < -0.39 is 10.3 Å². The molecule has 4 aromatic rings. The van der Waals surface area contributed by atoms with Gasteiger partial charge in [-0.2, -0.15) is 4.98 Å². The Labute approximate surface area is 180 Å². The van der Waals surface area contributed by atoms with E-state index in [1.54, 1.807) is 28.6 Å². The van der Waals surface area contributed by atoms with Crippen LogP contribution < -0.4 is 11.0 Å². The Morgan fingerprint density at radius 2 is 1.97 bits per heavy atom. The number of benzene rings is 1. The molecule has 4 heterocycles. The first kappa shape index (κ1) is 20.0. The third-order valence-corrected chi connectivity index (χ3v) is 8.31. The lowest BCUT2D eigenvalue weighted by Gasteiger charge is -2.37. The van der Waals surface area contributed by atoms with Gasteiger partial charge in [0.25, 0.3) is 0 Å².